The molecule has 2 fully saturated rings. The summed E-state index contributed by atoms with van der Waals surface area (Å²) in [5.41, 5.74) is 0.222. The number of likely N-dealkylation sites (tertiary alicyclic amines) is 1. The molecule has 5 nitrogen and oxygen atoms in total. The van der Waals surface area contributed by atoms with Gasteiger partial charge in [-0.25, -0.2) is 4.79 Å². The van der Waals surface area contributed by atoms with Crippen molar-refractivity contribution in [3.8, 4) is 0 Å². The molecular formula is C12H20N2O3. The minimum Gasteiger partial charge on any atom is -0.481 e. The fraction of sp³-hybridized carbons (Fsp3) is 0.833. The Labute approximate surface area is 101 Å². The SMILES string of the molecule is CC1(C)C(NC(=O)N2CC(C(=O)O)C2)C1(C)C. The Morgan fingerprint density at radius 2 is 1.65 bits per heavy atom. The molecule has 17 heavy (non-hydrogen) atoms. The molecule has 0 bridgehead atoms. The molecule has 1 saturated heterocycles. The highest BCUT2D eigenvalue weighted by molar-refractivity contribution is 5.80. The van der Waals surface area contributed by atoms with Gasteiger partial charge in [0.1, 0.15) is 0 Å². The van der Waals surface area contributed by atoms with Gasteiger partial charge >= 0.3 is 12.0 Å². The Morgan fingerprint density at radius 3 is 2.00 bits per heavy atom. The molecule has 0 aromatic carbocycles. The molecule has 2 amide bonds. The first-order chi connectivity index (χ1) is 7.68. The molecule has 1 saturated carbocycles. The number of carboxylic acid groups (broad SMARTS) is 1. The third-order valence-corrected chi connectivity index (χ3v) is 4.81. The van der Waals surface area contributed by atoms with Crippen LogP contribution in [0.2, 0.25) is 0 Å². The molecule has 1 heterocycles. The number of aliphatic carboxylic acids is 1. The molecule has 2 aliphatic rings. The van der Waals surface area contributed by atoms with Crippen molar-refractivity contribution < 1.29 is 14.7 Å². The van der Waals surface area contributed by atoms with Gasteiger partial charge in [0.2, 0.25) is 0 Å². The summed E-state index contributed by atoms with van der Waals surface area (Å²) >= 11 is 0. The molecule has 5 heteroatoms. The molecular weight excluding hydrogens is 220 g/mol. The lowest BCUT2D eigenvalue weighted by atomic mass is 10.0. The van der Waals surface area contributed by atoms with Crippen LogP contribution in [0.15, 0.2) is 0 Å². The molecule has 1 aliphatic heterocycles. The number of amides is 2. The molecule has 2 N–H and O–H groups in total. The first kappa shape index (κ1) is 12.2. The van der Waals surface area contributed by atoms with Crippen LogP contribution < -0.4 is 5.32 Å². The Kier molecular flexibility index (Phi) is 2.42. The maximum atomic E-state index is 11.8. The van der Waals surface area contributed by atoms with Crippen LogP contribution in [0.3, 0.4) is 0 Å². The van der Waals surface area contributed by atoms with Crippen molar-refractivity contribution >= 4 is 12.0 Å². The van der Waals surface area contributed by atoms with Gasteiger partial charge in [0.05, 0.1) is 5.92 Å². The standard InChI is InChI=1S/C12H20N2O3/c1-11(2)9(12(11,3)4)13-10(17)14-5-7(6-14)8(15)16/h7,9H,5-6H2,1-4H3,(H,13,17)(H,15,16). The molecule has 2 rings (SSSR count). The monoisotopic (exact) mass is 240 g/mol. The molecule has 0 spiro atoms. The molecule has 0 atom stereocenters. The van der Waals surface area contributed by atoms with Crippen LogP contribution in [-0.4, -0.2) is 41.1 Å². The van der Waals surface area contributed by atoms with Gasteiger partial charge in [0, 0.05) is 19.1 Å². The van der Waals surface area contributed by atoms with E-state index in [-0.39, 0.29) is 28.8 Å². The van der Waals surface area contributed by atoms with Crippen LogP contribution in [0.25, 0.3) is 0 Å². The number of nitrogens with one attached hydrogen (secondary N) is 1. The lowest BCUT2D eigenvalue weighted by Crippen LogP contribution is -2.56. The van der Waals surface area contributed by atoms with Gasteiger partial charge in [0.25, 0.3) is 0 Å². The maximum Gasteiger partial charge on any atom is 0.317 e. The Morgan fingerprint density at radius 1 is 1.18 bits per heavy atom. The number of urea groups is 1. The summed E-state index contributed by atoms with van der Waals surface area (Å²) in [6.07, 6.45) is 0. The summed E-state index contributed by atoms with van der Waals surface area (Å²) in [7, 11) is 0. The van der Waals surface area contributed by atoms with Crippen molar-refractivity contribution in [2.75, 3.05) is 13.1 Å². The largest absolute Gasteiger partial charge is 0.481 e. The van der Waals surface area contributed by atoms with E-state index in [0.717, 1.165) is 0 Å². The van der Waals surface area contributed by atoms with Crippen molar-refractivity contribution in [3.63, 3.8) is 0 Å². The average Bonchev–Trinajstić information content (AvgIpc) is 2.44. The Balaban J connectivity index is 1.83. The van der Waals surface area contributed by atoms with Gasteiger partial charge in [0.15, 0.2) is 0 Å². The van der Waals surface area contributed by atoms with E-state index in [1.807, 2.05) is 0 Å². The van der Waals surface area contributed by atoms with Gasteiger partial charge in [-0.2, -0.15) is 0 Å². The molecule has 0 unspecified atom stereocenters. The number of carbonyl (C=O) groups is 2. The number of carbonyl (C=O) groups excluding carboxylic acids is 1. The van der Waals surface area contributed by atoms with E-state index < -0.39 is 5.97 Å². The highest BCUT2D eigenvalue weighted by Crippen LogP contribution is 2.62. The van der Waals surface area contributed by atoms with Crippen molar-refractivity contribution in [1.82, 2.24) is 10.2 Å². The van der Waals surface area contributed by atoms with E-state index in [0.29, 0.717) is 13.1 Å². The number of hydrogen-bond donors (Lipinski definition) is 2. The zero-order chi connectivity index (χ0) is 13.0. The van der Waals surface area contributed by atoms with Gasteiger partial charge in [-0.05, 0) is 10.8 Å². The fourth-order valence-electron chi connectivity index (χ4n) is 2.57. The van der Waals surface area contributed by atoms with Gasteiger partial charge in [-0.15, -0.1) is 0 Å². The molecule has 96 valence electrons. The minimum absolute atomic E-state index is 0.111. The predicted molar refractivity (Wildman–Crippen MR) is 62.6 cm³/mol. The summed E-state index contributed by atoms with van der Waals surface area (Å²) in [6.45, 7) is 9.19. The van der Waals surface area contributed by atoms with E-state index in [9.17, 15) is 9.59 Å². The van der Waals surface area contributed by atoms with Crippen LogP contribution in [0.5, 0.6) is 0 Å². The van der Waals surface area contributed by atoms with Gasteiger partial charge in [-0.3, -0.25) is 4.79 Å². The zero-order valence-corrected chi connectivity index (χ0v) is 10.8. The molecule has 0 aromatic rings. The van der Waals surface area contributed by atoms with Crippen LogP contribution in [-0.2, 0) is 4.79 Å². The number of nitrogens with zero attached hydrogens (tertiary/aromatic N) is 1. The van der Waals surface area contributed by atoms with Crippen molar-refractivity contribution in [1.29, 1.82) is 0 Å². The van der Waals surface area contributed by atoms with Crippen LogP contribution in [0, 0.1) is 16.7 Å². The average molecular weight is 240 g/mol. The third kappa shape index (κ3) is 1.68. The maximum absolute atomic E-state index is 11.8. The van der Waals surface area contributed by atoms with Crippen molar-refractivity contribution in [2.24, 2.45) is 16.7 Å². The van der Waals surface area contributed by atoms with E-state index in [4.69, 9.17) is 5.11 Å². The summed E-state index contributed by atoms with van der Waals surface area (Å²) in [5.74, 6) is -1.21. The van der Waals surface area contributed by atoms with E-state index in [1.54, 1.807) is 4.90 Å². The Bertz CT molecular complexity index is 356. The molecule has 0 radical (unpaired) electrons. The molecule has 0 aromatic heterocycles. The highest BCUT2D eigenvalue weighted by atomic mass is 16.4. The minimum atomic E-state index is -0.818. The zero-order valence-electron chi connectivity index (χ0n) is 10.8. The van der Waals surface area contributed by atoms with Crippen molar-refractivity contribution in [2.45, 2.75) is 33.7 Å². The van der Waals surface area contributed by atoms with E-state index in [2.05, 4.69) is 33.0 Å². The number of rotatable bonds is 2. The van der Waals surface area contributed by atoms with Crippen LogP contribution in [0.4, 0.5) is 4.79 Å². The summed E-state index contributed by atoms with van der Waals surface area (Å²) in [4.78, 5) is 24.0. The predicted octanol–water partition coefficient (Wildman–Crippen LogP) is 1.15. The van der Waals surface area contributed by atoms with Crippen molar-refractivity contribution in [3.05, 3.63) is 0 Å². The second-order valence-corrected chi connectivity index (χ2v) is 6.27. The van der Waals surface area contributed by atoms with E-state index in [1.165, 1.54) is 0 Å². The topological polar surface area (TPSA) is 69.6 Å². The summed E-state index contributed by atoms with van der Waals surface area (Å²) in [6, 6.07) is 0.0394. The number of carboxylic acids is 1. The van der Waals surface area contributed by atoms with Gasteiger partial charge in [-0.1, -0.05) is 27.7 Å². The smallest absolute Gasteiger partial charge is 0.317 e. The Hall–Kier alpha value is -1.26. The lowest BCUT2D eigenvalue weighted by Gasteiger charge is -2.36. The van der Waals surface area contributed by atoms with E-state index >= 15 is 0 Å². The lowest BCUT2D eigenvalue weighted by molar-refractivity contribution is -0.146. The number of hydrogen-bond acceptors (Lipinski definition) is 2. The highest BCUT2D eigenvalue weighted by Gasteiger charge is 2.65. The van der Waals surface area contributed by atoms with Crippen LogP contribution in [0.1, 0.15) is 27.7 Å². The summed E-state index contributed by atoms with van der Waals surface area (Å²) < 4.78 is 0. The van der Waals surface area contributed by atoms with Gasteiger partial charge < -0.3 is 15.3 Å². The normalized spacial score (nSPS) is 26.2. The first-order valence-electron chi connectivity index (χ1n) is 5.96. The third-order valence-electron chi connectivity index (χ3n) is 4.81. The molecule has 1 aliphatic carbocycles. The summed E-state index contributed by atoms with van der Waals surface area (Å²) in [5, 5.41) is 11.7. The van der Waals surface area contributed by atoms with Crippen LogP contribution >= 0.6 is 0 Å². The first-order valence-corrected chi connectivity index (χ1v) is 5.96. The quantitative estimate of drug-likeness (QED) is 0.760. The second-order valence-electron chi connectivity index (χ2n) is 6.27. The second kappa shape index (κ2) is 3.37. The fourth-order valence-corrected chi connectivity index (χ4v) is 2.57.